The van der Waals surface area contributed by atoms with Gasteiger partial charge in [0.1, 0.15) is 5.76 Å². The van der Waals surface area contributed by atoms with Crippen molar-refractivity contribution in [3.8, 4) is 6.07 Å². The highest BCUT2D eigenvalue weighted by Crippen LogP contribution is 2.24. The average Bonchev–Trinajstić information content (AvgIpc) is 2.94. The first kappa shape index (κ1) is 15.4. The van der Waals surface area contributed by atoms with Gasteiger partial charge in [-0.3, -0.25) is 0 Å². The first-order chi connectivity index (χ1) is 10.2. The van der Waals surface area contributed by atoms with Crippen molar-refractivity contribution in [3.05, 3.63) is 52.2 Å². The van der Waals surface area contributed by atoms with Crippen LogP contribution < -0.4 is 4.90 Å². The summed E-state index contributed by atoms with van der Waals surface area (Å²) < 4.78 is 6.75. The van der Waals surface area contributed by atoms with E-state index in [0.717, 1.165) is 29.0 Å². The minimum absolute atomic E-state index is 0.580. The molecule has 1 heterocycles. The molecule has 0 N–H and O–H groups in total. The number of hydrogen-bond donors (Lipinski definition) is 0. The molecule has 1 aromatic heterocycles. The number of anilines is 1. The quantitative estimate of drug-likeness (QED) is 0.720. The number of allylic oxidation sites excluding steroid dienone is 1. The molecule has 3 nitrogen and oxygen atoms in total. The maximum Gasteiger partial charge on any atom is 0.196 e. The normalized spacial score (nSPS) is 11.2. The van der Waals surface area contributed by atoms with E-state index < -0.39 is 0 Å². The van der Waals surface area contributed by atoms with Gasteiger partial charge in [-0.25, -0.2) is 0 Å². The van der Waals surface area contributed by atoms with Gasteiger partial charge in [0.25, 0.3) is 0 Å². The second-order valence-corrected chi connectivity index (χ2v) is 5.44. The van der Waals surface area contributed by atoms with Crippen molar-refractivity contribution in [2.24, 2.45) is 0 Å². The summed E-state index contributed by atoms with van der Waals surface area (Å²) in [6, 6.07) is 13.7. The molecule has 108 valence electrons. The van der Waals surface area contributed by atoms with Crippen LogP contribution in [0.5, 0.6) is 0 Å². The number of nitriles is 1. The minimum atomic E-state index is 0.580. The SMILES string of the molecule is CCN(CC)c1ccc(/C=C(\C#N)c2cccc(Br)c2)o1. The van der Waals surface area contributed by atoms with Crippen molar-refractivity contribution in [2.45, 2.75) is 13.8 Å². The summed E-state index contributed by atoms with van der Waals surface area (Å²) in [5.41, 5.74) is 1.45. The number of hydrogen-bond acceptors (Lipinski definition) is 3. The topological polar surface area (TPSA) is 40.2 Å². The van der Waals surface area contributed by atoms with Crippen LogP contribution in [0.1, 0.15) is 25.2 Å². The van der Waals surface area contributed by atoms with Gasteiger partial charge in [0, 0.05) is 23.6 Å². The lowest BCUT2D eigenvalue weighted by molar-refractivity contribution is 0.541. The lowest BCUT2D eigenvalue weighted by Crippen LogP contribution is -2.20. The van der Waals surface area contributed by atoms with Crippen molar-refractivity contribution < 1.29 is 4.42 Å². The zero-order chi connectivity index (χ0) is 15.2. The molecule has 2 rings (SSSR count). The zero-order valence-corrected chi connectivity index (χ0v) is 13.7. The van der Waals surface area contributed by atoms with E-state index in [1.54, 1.807) is 6.08 Å². The summed E-state index contributed by atoms with van der Waals surface area (Å²) in [6.07, 6.45) is 1.77. The van der Waals surface area contributed by atoms with Crippen molar-refractivity contribution in [1.29, 1.82) is 5.26 Å². The highest BCUT2D eigenvalue weighted by atomic mass is 79.9. The van der Waals surface area contributed by atoms with E-state index in [-0.39, 0.29) is 0 Å². The third kappa shape index (κ3) is 3.77. The molecule has 0 aliphatic carbocycles. The Balaban J connectivity index is 2.31. The van der Waals surface area contributed by atoms with Crippen LogP contribution in [0.2, 0.25) is 0 Å². The van der Waals surface area contributed by atoms with Gasteiger partial charge in [0.2, 0.25) is 0 Å². The van der Waals surface area contributed by atoms with Crippen LogP contribution in [0, 0.1) is 11.3 Å². The van der Waals surface area contributed by atoms with Crippen LogP contribution in [0.15, 0.2) is 45.3 Å². The van der Waals surface area contributed by atoms with Gasteiger partial charge in [-0.2, -0.15) is 5.26 Å². The maximum absolute atomic E-state index is 9.35. The molecule has 21 heavy (non-hydrogen) atoms. The summed E-state index contributed by atoms with van der Waals surface area (Å²) in [4.78, 5) is 2.13. The van der Waals surface area contributed by atoms with E-state index in [1.165, 1.54) is 0 Å². The molecule has 0 bridgehead atoms. The summed E-state index contributed by atoms with van der Waals surface area (Å²) in [5, 5.41) is 9.35. The number of benzene rings is 1. The molecular weight excluding hydrogens is 328 g/mol. The lowest BCUT2D eigenvalue weighted by atomic mass is 10.1. The fraction of sp³-hybridized carbons (Fsp3) is 0.235. The molecule has 0 spiro atoms. The summed E-state index contributed by atoms with van der Waals surface area (Å²) in [6.45, 7) is 5.96. The Labute approximate surface area is 133 Å². The predicted octanol–water partition coefficient (Wildman–Crippen LogP) is 4.95. The highest BCUT2D eigenvalue weighted by molar-refractivity contribution is 9.10. The molecular formula is C17H17BrN2O. The second kappa shape index (κ2) is 7.14. The van der Waals surface area contributed by atoms with Gasteiger partial charge in [0.15, 0.2) is 5.88 Å². The summed E-state index contributed by atoms with van der Waals surface area (Å²) >= 11 is 3.42. The van der Waals surface area contributed by atoms with Crippen molar-refractivity contribution >= 4 is 33.5 Å². The highest BCUT2D eigenvalue weighted by Gasteiger charge is 2.08. The molecule has 0 fully saturated rings. The van der Waals surface area contributed by atoms with Crippen LogP contribution in [0.4, 0.5) is 5.88 Å². The molecule has 4 heteroatoms. The fourth-order valence-corrected chi connectivity index (χ4v) is 2.50. The molecule has 0 amide bonds. The zero-order valence-electron chi connectivity index (χ0n) is 12.1. The van der Waals surface area contributed by atoms with Crippen LogP contribution >= 0.6 is 15.9 Å². The van der Waals surface area contributed by atoms with Gasteiger partial charge in [-0.05, 0) is 43.7 Å². The Morgan fingerprint density at radius 3 is 2.67 bits per heavy atom. The number of halogens is 1. The van der Waals surface area contributed by atoms with E-state index in [0.29, 0.717) is 11.3 Å². The second-order valence-electron chi connectivity index (χ2n) is 4.53. The number of nitrogens with zero attached hydrogens (tertiary/aromatic N) is 2. The van der Waals surface area contributed by atoms with E-state index in [1.807, 2.05) is 36.4 Å². The van der Waals surface area contributed by atoms with E-state index >= 15 is 0 Å². The van der Waals surface area contributed by atoms with E-state index in [4.69, 9.17) is 4.42 Å². The molecule has 0 aliphatic rings. The number of furan rings is 1. The number of rotatable bonds is 5. The molecule has 0 radical (unpaired) electrons. The first-order valence-corrected chi connectivity index (χ1v) is 7.69. The molecule has 1 aromatic carbocycles. The summed E-state index contributed by atoms with van der Waals surface area (Å²) in [5.74, 6) is 1.52. The molecule has 0 aliphatic heterocycles. The Hall–Kier alpha value is -1.99. The molecule has 0 saturated heterocycles. The van der Waals surface area contributed by atoms with Gasteiger partial charge in [-0.1, -0.05) is 28.1 Å². The minimum Gasteiger partial charge on any atom is -0.441 e. The Morgan fingerprint density at radius 2 is 2.05 bits per heavy atom. The molecule has 0 atom stereocenters. The smallest absolute Gasteiger partial charge is 0.196 e. The predicted molar refractivity (Wildman–Crippen MR) is 89.9 cm³/mol. The van der Waals surface area contributed by atoms with Crippen LogP contribution in [0.3, 0.4) is 0 Å². The van der Waals surface area contributed by atoms with E-state index in [2.05, 4.69) is 40.7 Å². The Morgan fingerprint density at radius 1 is 1.29 bits per heavy atom. The fourth-order valence-electron chi connectivity index (χ4n) is 2.10. The third-order valence-corrected chi connectivity index (χ3v) is 3.72. The van der Waals surface area contributed by atoms with Gasteiger partial charge >= 0.3 is 0 Å². The van der Waals surface area contributed by atoms with Crippen LogP contribution in [0.25, 0.3) is 11.6 Å². The molecule has 2 aromatic rings. The van der Waals surface area contributed by atoms with Crippen LogP contribution in [-0.2, 0) is 0 Å². The van der Waals surface area contributed by atoms with Crippen LogP contribution in [-0.4, -0.2) is 13.1 Å². The van der Waals surface area contributed by atoms with Gasteiger partial charge < -0.3 is 9.32 Å². The maximum atomic E-state index is 9.35. The van der Waals surface area contributed by atoms with E-state index in [9.17, 15) is 5.26 Å². The molecule has 0 unspecified atom stereocenters. The largest absolute Gasteiger partial charge is 0.441 e. The standard InChI is InChI=1S/C17H17BrN2O/c1-3-20(4-2)17-9-8-16(21-17)11-14(12-19)13-6-5-7-15(18)10-13/h5-11H,3-4H2,1-2H3/b14-11+. The van der Waals surface area contributed by atoms with Crippen molar-refractivity contribution in [2.75, 3.05) is 18.0 Å². The first-order valence-electron chi connectivity index (χ1n) is 6.90. The molecule has 0 saturated carbocycles. The Kier molecular flexibility index (Phi) is 5.24. The Bertz CT molecular complexity index is 678. The summed E-state index contributed by atoms with van der Waals surface area (Å²) in [7, 11) is 0. The third-order valence-electron chi connectivity index (χ3n) is 3.23. The van der Waals surface area contributed by atoms with Crippen molar-refractivity contribution in [1.82, 2.24) is 0 Å². The van der Waals surface area contributed by atoms with Gasteiger partial charge in [-0.15, -0.1) is 0 Å². The lowest BCUT2D eigenvalue weighted by Gasteiger charge is -2.16. The van der Waals surface area contributed by atoms with Crippen molar-refractivity contribution in [3.63, 3.8) is 0 Å². The average molecular weight is 345 g/mol. The van der Waals surface area contributed by atoms with Gasteiger partial charge in [0.05, 0.1) is 11.6 Å². The monoisotopic (exact) mass is 344 g/mol.